The summed E-state index contributed by atoms with van der Waals surface area (Å²) in [4.78, 5) is 0. The molecule has 0 nitrogen and oxygen atoms in total. The van der Waals surface area contributed by atoms with Crippen LogP contribution in [-0.2, 0) is 0 Å². The number of halogens is 2. The fourth-order valence-electron chi connectivity index (χ4n) is 3.38. The Kier molecular flexibility index (Phi) is 16.7. The summed E-state index contributed by atoms with van der Waals surface area (Å²) in [5.41, 5.74) is 0. The van der Waals surface area contributed by atoms with Crippen LogP contribution in [0, 0.1) is 0 Å². The molecule has 4 radical (unpaired) electrons. The van der Waals surface area contributed by atoms with Crippen LogP contribution in [0.1, 0.15) is 125 Å². The molecule has 0 aromatic carbocycles. The van der Waals surface area contributed by atoms with Crippen molar-refractivity contribution in [1.29, 1.82) is 0 Å². The molecule has 0 spiro atoms. The van der Waals surface area contributed by atoms with Crippen molar-refractivity contribution in [3.63, 3.8) is 0 Å². The van der Waals surface area contributed by atoms with Gasteiger partial charge in [0.25, 0.3) is 0 Å². The van der Waals surface area contributed by atoms with Crippen LogP contribution in [-0.4, -0.2) is 37.5 Å². The average Bonchev–Trinajstić information content (AvgIpc) is 2.29. The summed E-state index contributed by atoms with van der Waals surface area (Å²) >= 11 is 3.90. The van der Waals surface area contributed by atoms with Crippen LogP contribution < -0.4 is 0 Å². The first-order valence-corrected chi connectivity index (χ1v) is 30.0. The van der Waals surface area contributed by atoms with E-state index in [-0.39, 0.29) is 15.4 Å². The third-order valence-corrected chi connectivity index (χ3v) is 51.2. The maximum absolute atomic E-state index is 2.72. The zero-order valence-corrected chi connectivity index (χ0v) is 33.9. The Labute approximate surface area is 225 Å². The van der Waals surface area contributed by atoms with Gasteiger partial charge in [-0.3, -0.25) is 0 Å². The number of hydrogen-bond donors (Lipinski definition) is 0. The van der Waals surface area contributed by atoms with E-state index < -0.39 is 22.1 Å². The molecule has 0 unspecified atom stereocenters. The van der Waals surface area contributed by atoms with E-state index in [2.05, 4.69) is 165 Å². The van der Waals surface area contributed by atoms with Crippen LogP contribution in [0.2, 0.25) is 25.5 Å². The molecule has 0 aromatic rings. The van der Waals surface area contributed by atoms with Gasteiger partial charge in [0.05, 0.1) is 0 Å². The molecule has 0 atom stereocenters. The Morgan fingerprint density at radius 2 is 0.517 bits per heavy atom. The molecule has 5 heteroatoms. The molecular weight excluding hydrogens is 760 g/mol. The third kappa shape index (κ3) is 24.0. The van der Waals surface area contributed by atoms with Crippen LogP contribution in [0.4, 0.5) is 0 Å². The van der Waals surface area contributed by atoms with Gasteiger partial charge in [-0.1, -0.05) is 0 Å². The zero-order chi connectivity index (χ0) is 24.9. The topological polar surface area (TPSA) is 0 Å². The van der Waals surface area contributed by atoms with Crippen LogP contribution in [0.25, 0.3) is 0 Å². The summed E-state index contributed by atoms with van der Waals surface area (Å²) in [7, 11) is 0. The molecule has 0 saturated carbocycles. The SMILES string of the molecule is C[C](C)(C)[Ge]([I])[C](C)(C)C.C[C](C)(C)[Ge]([I])[C](C)(C)C.C[C](C)(C)[Ge][C](C)(C)C. The summed E-state index contributed by atoms with van der Waals surface area (Å²) in [6.07, 6.45) is 0. The summed E-state index contributed by atoms with van der Waals surface area (Å²) in [6.45, 7) is 42.6. The second-order valence-electron chi connectivity index (χ2n) is 14.3. The fourth-order valence-corrected chi connectivity index (χ4v) is 17.5. The van der Waals surface area contributed by atoms with Crippen molar-refractivity contribution in [3.05, 3.63) is 0 Å². The van der Waals surface area contributed by atoms with Crippen molar-refractivity contribution in [3.8, 4) is 0 Å². The molecule has 0 bridgehead atoms. The average molecular weight is 814 g/mol. The molecule has 0 rings (SSSR count). The summed E-state index contributed by atoms with van der Waals surface area (Å²) in [5, 5.41) is 0. The number of hydrogen-bond acceptors (Lipinski definition) is 0. The molecule has 0 aliphatic rings. The van der Waals surface area contributed by atoms with Crippen LogP contribution in [0.5, 0.6) is 0 Å². The van der Waals surface area contributed by atoms with Crippen molar-refractivity contribution in [1.82, 2.24) is 0 Å². The van der Waals surface area contributed by atoms with Crippen LogP contribution >= 0.6 is 40.4 Å². The molecule has 0 aromatic heterocycles. The van der Waals surface area contributed by atoms with Gasteiger partial charge >= 0.3 is 228 Å². The standard InChI is InChI=1S/2C8H18GeI.C8H18Ge/c2*1-7(2,3)9(10)8(4,5)6;1-7(2,3)9-8(4,5)6/h2*1-6H3;1-6H3. The molecule has 29 heavy (non-hydrogen) atoms. The molecule has 0 aliphatic heterocycles. The molecule has 0 N–H and O–H groups in total. The molecule has 176 valence electrons. The normalized spacial score (nSPS) is 14.3. The first kappa shape index (κ1) is 36.7. The van der Waals surface area contributed by atoms with E-state index in [9.17, 15) is 0 Å². The van der Waals surface area contributed by atoms with Crippen molar-refractivity contribution < 1.29 is 0 Å². The molecule has 0 aliphatic carbocycles. The van der Waals surface area contributed by atoms with Gasteiger partial charge in [0.2, 0.25) is 0 Å². The second-order valence-corrected chi connectivity index (χ2v) is 47.5. The van der Waals surface area contributed by atoms with Crippen molar-refractivity contribution >= 4 is 77.9 Å². The minimum absolute atomic E-state index is 0.208. The van der Waals surface area contributed by atoms with Gasteiger partial charge in [0.15, 0.2) is 0 Å². The van der Waals surface area contributed by atoms with Crippen molar-refractivity contribution in [2.75, 3.05) is 0 Å². The summed E-state index contributed by atoms with van der Waals surface area (Å²) in [6, 6.07) is 0. The zero-order valence-electron chi connectivity index (χ0n) is 23.3. The molecule has 0 heterocycles. The number of rotatable bonds is 0. The monoisotopic (exact) mass is 818 g/mol. The van der Waals surface area contributed by atoms with Gasteiger partial charge in [-0.2, -0.15) is 0 Å². The Bertz CT molecular complexity index is 364. The van der Waals surface area contributed by atoms with Gasteiger partial charge in [-0.05, 0) is 0 Å². The first-order chi connectivity index (χ1) is 12.0. The van der Waals surface area contributed by atoms with Crippen LogP contribution in [0.3, 0.4) is 0 Å². The van der Waals surface area contributed by atoms with E-state index >= 15 is 0 Å². The first-order valence-electron chi connectivity index (χ1n) is 10.9. The Hall–Kier alpha value is 3.09. The summed E-state index contributed by atoms with van der Waals surface area (Å²) < 4.78 is 3.60. The molecule has 0 saturated heterocycles. The third-order valence-electron chi connectivity index (χ3n) is 3.38. The molecule has 0 fully saturated rings. The Balaban J connectivity index is -0.000000350. The van der Waals surface area contributed by atoms with Gasteiger partial charge < -0.3 is 0 Å². The predicted molar refractivity (Wildman–Crippen MR) is 164 cm³/mol. The Morgan fingerprint density at radius 3 is 0.517 bits per heavy atom. The van der Waals surface area contributed by atoms with E-state index in [1.54, 1.807) is 0 Å². The van der Waals surface area contributed by atoms with Gasteiger partial charge in [-0.15, -0.1) is 0 Å². The summed E-state index contributed by atoms with van der Waals surface area (Å²) in [5.74, 6) is 0. The fraction of sp³-hybridized carbons (Fsp3) is 1.00. The van der Waals surface area contributed by atoms with Crippen LogP contribution in [0.15, 0.2) is 0 Å². The van der Waals surface area contributed by atoms with Gasteiger partial charge in [0, 0.05) is 0 Å². The van der Waals surface area contributed by atoms with Gasteiger partial charge in [-0.25, -0.2) is 0 Å². The maximum atomic E-state index is 2.72. The quantitative estimate of drug-likeness (QED) is 0.169. The van der Waals surface area contributed by atoms with E-state index in [0.29, 0.717) is 25.5 Å². The second kappa shape index (κ2) is 13.3. The van der Waals surface area contributed by atoms with Crippen molar-refractivity contribution in [2.45, 2.75) is 150 Å². The van der Waals surface area contributed by atoms with E-state index in [1.807, 2.05) is 0 Å². The van der Waals surface area contributed by atoms with E-state index in [1.165, 1.54) is 0 Å². The molecular formula is C24H54Ge3I2. The van der Waals surface area contributed by atoms with Crippen molar-refractivity contribution in [2.24, 2.45) is 0 Å². The van der Waals surface area contributed by atoms with E-state index in [4.69, 9.17) is 0 Å². The Morgan fingerprint density at radius 1 is 0.379 bits per heavy atom. The molecule has 0 amide bonds. The minimum atomic E-state index is -0.877. The van der Waals surface area contributed by atoms with Gasteiger partial charge in [0.1, 0.15) is 0 Å². The van der Waals surface area contributed by atoms with E-state index in [0.717, 1.165) is 0 Å². The predicted octanol–water partition coefficient (Wildman–Crippen LogP) is 11.2.